The fourth-order valence-corrected chi connectivity index (χ4v) is 3.09. The van der Waals surface area contributed by atoms with E-state index in [2.05, 4.69) is 16.1 Å². The van der Waals surface area contributed by atoms with E-state index in [4.69, 9.17) is 27.9 Å². The molecule has 1 aromatic heterocycles. The summed E-state index contributed by atoms with van der Waals surface area (Å²) in [6.07, 6.45) is 0. The lowest BCUT2D eigenvalue weighted by molar-refractivity contribution is -0.136. The molecule has 0 aliphatic rings. The van der Waals surface area contributed by atoms with Crippen molar-refractivity contribution in [2.75, 3.05) is 31.0 Å². The molecule has 0 aliphatic heterocycles. The Hall–Kier alpha value is -3.07. The molecule has 30 heavy (non-hydrogen) atoms. The van der Waals surface area contributed by atoms with Gasteiger partial charge in [-0.3, -0.25) is 19.8 Å². The van der Waals surface area contributed by atoms with Crippen molar-refractivity contribution in [2.45, 2.75) is 0 Å². The number of aromatic nitrogens is 1. The molecule has 0 atom stereocenters. The van der Waals surface area contributed by atoms with E-state index < -0.39 is 17.7 Å². The van der Waals surface area contributed by atoms with Gasteiger partial charge < -0.3 is 15.4 Å². The van der Waals surface area contributed by atoms with Crippen LogP contribution in [0.15, 0.2) is 48.5 Å². The first kappa shape index (κ1) is 21.6. The summed E-state index contributed by atoms with van der Waals surface area (Å²) in [5.41, 5.74) is 3.43. The van der Waals surface area contributed by atoms with Crippen LogP contribution in [0.25, 0.3) is 10.9 Å². The molecule has 3 aromatic rings. The van der Waals surface area contributed by atoms with Gasteiger partial charge >= 0.3 is 11.8 Å². The number of carbonyl (C=O) groups excluding carboxylic acids is 3. The monoisotopic (exact) mass is 448 g/mol. The number of amides is 3. The Balaban J connectivity index is 1.92. The van der Waals surface area contributed by atoms with Crippen molar-refractivity contribution in [2.24, 2.45) is 0 Å². The second-order valence-corrected chi connectivity index (χ2v) is 7.04. The molecule has 0 saturated carbocycles. The van der Waals surface area contributed by atoms with Gasteiger partial charge in [-0.15, -0.1) is 0 Å². The minimum atomic E-state index is -0.939. The van der Waals surface area contributed by atoms with Gasteiger partial charge in [-0.05, 0) is 36.4 Å². The average Bonchev–Trinajstić information content (AvgIpc) is 3.07. The summed E-state index contributed by atoms with van der Waals surface area (Å²) >= 11 is 12.2. The van der Waals surface area contributed by atoms with E-state index in [1.807, 2.05) is 0 Å². The first-order valence-corrected chi connectivity index (χ1v) is 9.61. The number of methoxy groups -OCH3 is 1. The molecular formula is C20H18Cl2N4O4. The zero-order valence-electron chi connectivity index (χ0n) is 15.9. The summed E-state index contributed by atoms with van der Waals surface area (Å²) in [4.78, 5) is 37.3. The highest BCUT2D eigenvalue weighted by Crippen LogP contribution is 2.25. The number of benzene rings is 2. The van der Waals surface area contributed by atoms with Crippen LogP contribution in [0.5, 0.6) is 0 Å². The van der Waals surface area contributed by atoms with E-state index >= 15 is 0 Å². The Bertz CT molecular complexity index is 1110. The van der Waals surface area contributed by atoms with Crippen LogP contribution in [0.4, 0.5) is 5.69 Å². The lowest BCUT2D eigenvalue weighted by Crippen LogP contribution is -2.40. The highest BCUT2D eigenvalue weighted by Gasteiger charge is 2.21. The van der Waals surface area contributed by atoms with E-state index in [0.717, 1.165) is 0 Å². The smallest absolute Gasteiger partial charge is 0.328 e. The van der Waals surface area contributed by atoms with E-state index in [-0.39, 0.29) is 18.8 Å². The fourth-order valence-electron chi connectivity index (χ4n) is 2.72. The molecule has 3 N–H and O–H groups in total. The SMILES string of the molecule is COCCNC(=O)C(=O)Nn1c(C(=O)Nc2ccccc2Cl)cc2cc(Cl)ccc21. The van der Waals surface area contributed by atoms with Crippen molar-refractivity contribution >= 4 is 57.5 Å². The number of halogens is 2. The van der Waals surface area contributed by atoms with Gasteiger partial charge in [-0.25, -0.2) is 4.68 Å². The zero-order valence-corrected chi connectivity index (χ0v) is 17.4. The summed E-state index contributed by atoms with van der Waals surface area (Å²) in [6, 6.07) is 13.2. The number of nitrogens with zero attached hydrogens (tertiary/aromatic N) is 1. The van der Waals surface area contributed by atoms with Crippen LogP contribution in [0.3, 0.4) is 0 Å². The summed E-state index contributed by atoms with van der Waals surface area (Å²) in [5.74, 6) is -2.33. The first-order chi connectivity index (χ1) is 14.4. The summed E-state index contributed by atoms with van der Waals surface area (Å²) in [6.45, 7) is 0.431. The number of nitrogens with one attached hydrogen (secondary N) is 3. The van der Waals surface area contributed by atoms with Gasteiger partial charge in [0.1, 0.15) is 5.69 Å². The van der Waals surface area contributed by atoms with Crippen molar-refractivity contribution in [3.63, 3.8) is 0 Å². The molecule has 0 aliphatic carbocycles. The Morgan fingerprint density at radius 1 is 1.03 bits per heavy atom. The fraction of sp³-hybridized carbons (Fsp3) is 0.150. The molecule has 0 bridgehead atoms. The van der Waals surface area contributed by atoms with Crippen molar-refractivity contribution < 1.29 is 19.1 Å². The minimum Gasteiger partial charge on any atom is -0.383 e. The first-order valence-electron chi connectivity index (χ1n) is 8.85. The standard InChI is InChI=1S/C20H18Cl2N4O4/c1-30-9-8-23-19(28)20(29)25-26-16-7-6-13(21)10-12(16)11-17(26)18(27)24-15-5-3-2-4-14(15)22/h2-7,10-11H,8-9H2,1H3,(H,23,28)(H,24,27)(H,25,29). The highest BCUT2D eigenvalue weighted by molar-refractivity contribution is 6.38. The maximum atomic E-state index is 12.9. The summed E-state index contributed by atoms with van der Waals surface area (Å²) in [5, 5.41) is 6.54. The summed E-state index contributed by atoms with van der Waals surface area (Å²) < 4.78 is 6.07. The number of para-hydroxylation sites is 1. The zero-order chi connectivity index (χ0) is 21.7. The van der Waals surface area contributed by atoms with Crippen LogP contribution in [0.2, 0.25) is 10.0 Å². The van der Waals surface area contributed by atoms with Gasteiger partial charge in [-0.1, -0.05) is 35.3 Å². The van der Waals surface area contributed by atoms with Gasteiger partial charge in [0.2, 0.25) is 0 Å². The molecular weight excluding hydrogens is 431 g/mol. The maximum Gasteiger partial charge on any atom is 0.328 e. The Labute approximate surface area is 182 Å². The van der Waals surface area contributed by atoms with E-state index in [1.165, 1.54) is 11.8 Å². The predicted molar refractivity (Wildman–Crippen MR) is 116 cm³/mol. The van der Waals surface area contributed by atoms with Crippen LogP contribution in [0.1, 0.15) is 10.5 Å². The average molecular weight is 449 g/mol. The second-order valence-electron chi connectivity index (χ2n) is 6.19. The van der Waals surface area contributed by atoms with Crippen molar-refractivity contribution in [1.29, 1.82) is 0 Å². The lowest BCUT2D eigenvalue weighted by atomic mass is 10.2. The van der Waals surface area contributed by atoms with Crippen LogP contribution >= 0.6 is 23.2 Å². The van der Waals surface area contributed by atoms with Crippen molar-refractivity contribution in [3.8, 4) is 0 Å². The Morgan fingerprint density at radius 2 is 1.80 bits per heavy atom. The topological polar surface area (TPSA) is 101 Å². The lowest BCUT2D eigenvalue weighted by Gasteiger charge is -2.13. The molecule has 156 valence electrons. The maximum absolute atomic E-state index is 12.9. The van der Waals surface area contributed by atoms with Gasteiger partial charge in [0.15, 0.2) is 0 Å². The van der Waals surface area contributed by atoms with Gasteiger partial charge in [0.05, 0.1) is 22.8 Å². The second kappa shape index (κ2) is 9.62. The summed E-state index contributed by atoms with van der Waals surface area (Å²) in [7, 11) is 1.48. The molecule has 0 unspecified atom stereocenters. The quantitative estimate of drug-likeness (QED) is 0.398. The highest BCUT2D eigenvalue weighted by atomic mass is 35.5. The number of carbonyl (C=O) groups is 3. The third-order valence-electron chi connectivity index (χ3n) is 4.13. The van der Waals surface area contributed by atoms with E-state index in [0.29, 0.717) is 26.6 Å². The van der Waals surface area contributed by atoms with Crippen molar-refractivity contribution in [1.82, 2.24) is 9.99 Å². The third-order valence-corrected chi connectivity index (χ3v) is 4.69. The predicted octanol–water partition coefficient (Wildman–Crippen LogP) is 3.03. The molecule has 0 spiro atoms. The largest absolute Gasteiger partial charge is 0.383 e. The Kier molecular flexibility index (Phi) is 6.94. The molecule has 1 heterocycles. The number of ether oxygens (including phenoxy) is 1. The number of hydrogen-bond acceptors (Lipinski definition) is 4. The molecule has 0 radical (unpaired) electrons. The van der Waals surface area contributed by atoms with Gasteiger partial charge in [-0.2, -0.15) is 0 Å². The van der Waals surface area contributed by atoms with Crippen LogP contribution in [-0.4, -0.2) is 42.7 Å². The number of hydrogen-bond donors (Lipinski definition) is 3. The van der Waals surface area contributed by atoms with E-state index in [1.54, 1.807) is 48.5 Å². The third kappa shape index (κ3) is 4.91. The van der Waals surface area contributed by atoms with E-state index in [9.17, 15) is 14.4 Å². The molecule has 3 rings (SSSR count). The number of rotatable bonds is 6. The molecule has 8 nitrogen and oxygen atoms in total. The van der Waals surface area contributed by atoms with Gasteiger partial charge in [0, 0.05) is 24.1 Å². The van der Waals surface area contributed by atoms with Crippen molar-refractivity contribution in [3.05, 3.63) is 64.3 Å². The van der Waals surface area contributed by atoms with Crippen LogP contribution in [-0.2, 0) is 14.3 Å². The number of anilines is 1. The minimum absolute atomic E-state index is 0.0882. The molecule has 2 aromatic carbocycles. The Morgan fingerprint density at radius 3 is 2.53 bits per heavy atom. The van der Waals surface area contributed by atoms with Crippen LogP contribution < -0.4 is 16.1 Å². The molecule has 10 heteroatoms. The molecule has 3 amide bonds. The molecule has 0 fully saturated rings. The van der Waals surface area contributed by atoms with Crippen LogP contribution in [0, 0.1) is 0 Å². The number of fused-ring (bicyclic) bond motifs is 1. The molecule has 0 saturated heterocycles. The van der Waals surface area contributed by atoms with Gasteiger partial charge in [0.25, 0.3) is 5.91 Å². The normalized spacial score (nSPS) is 10.6.